The Labute approximate surface area is 123 Å². The third-order valence-electron chi connectivity index (χ3n) is 3.64. The molecule has 0 saturated heterocycles. The van der Waals surface area contributed by atoms with Crippen molar-refractivity contribution in [1.29, 1.82) is 0 Å². The molecule has 2 aromatic carbocycles. The van der Waals surface area contributed by atoms with Gasteiger partial charge in [-0.05, 0) is 36.6 Å². The molecule has 0 aliphatic heterocycles. The highest BCUT2D eigenvalue weighted by atomic mass is 14.9. The minimum atomic E-state index is 0.289. The van der Waals surface area contributed by atoms with Crippen LogP contribution >= 0.6 is 0 Å². The largest absolute Gasteiger partial charge is 0.307 e. The predicted octanol–water partition coefficient (Wildman–Crippen LogP) is 4.65. The van der Waals surface area contributed by atoms with E-state index in [0.717, 1.165) is 13.0 Å². The van der Waals surface area contributed by atoms with E-state index in [2.05, 4.69) is 74.6 Å². The topological polar surface area (TPSA) is 12.0 Å². The maximum atomic E-state index is 3.60. The second-order valence-electron chi connectivity index (χ2n) is 5.40. The molecule has 2 aromatic rings. The van der Waals surface area contributed by atoms with Gasteiger partial charge in [0, 0.05) is 0 Å². The fourth-order valence-electron chi connectivity index (χ4n) is 2.61. The molecule has 0 aliphatic carbocycles. The zero-order valence-electron chi connectivity index (χ0n) is 12.8. The number of nitrogens with one attached hydrogen (secondary N) is 1. The fourth-order valence-corrected chi connectivity index (χ4v) is 2.61. The van der Waals surface area contributed by atoms with Crippen LogP contribution in [0.3, 0.4) is 0 Å². The van der Waals surface area contributed by atoms with Crippen molar-refractivity contribution >= 4 is 0 Å². The highest BCUT2D eigenvalue weighted by Gasteiger charge is 2.12. The van der Waals surface area contributed by atoms with Crippen LogP contribution in [0.25, 0.3) is 0 Å². The van der Waals surface area contributed by atoms with E-state index in [1.807, 2.05) is 0 Å². The number of rotatable bonds is 6. The van der Waals surface area contributed by atoms with Gasteiger partial charge in [-0.25, -0.2) is 0 Å². The Bertz CT molecular complexity index is 528. The number of aryl methyl sites for hydroxylation is 2. The van der Waals surface area contributed by atoms with Crippen molar-refractivity contribution in [2.75, 3.05) is 6.54 Å². The maximum Gasteiger partial charge on any atom is 0.0576 e. The molecule has 0 radical (unpaired) electrons. The Kier molecular flexibility index (Phi) is 5.37. The van der Waals surface area contributed by atoms with E-state index in [9.17, 15) is 0 Å². The lowest BCUT2D eigenvalue weighted by Crippen LogP contribution is -2.22. The average Bonchev–Trinajstić information content (AvgIpc) is 2.47. The molecule has 1 N–H and O–H groups in total. The predicted molar refractivity (Wildman–Crippen MR) is 87.1 cm³/mol. The van der Waals surface area contributed by atoms with Crippen molar-refractivity contribution in [3.63, 3.8) is 0 Å². The van der Waals surface area contributed by atoms with Gasteiger partial charge in [0.05, 0.1) is 6.04 Å². The summed E-state index contributed by atoms with van der Waals surface area (Å²) in [6.45, 7) is 7.50. The van der Waals surface area contributed by atoms with Crippen molar-refractivity contribution in [3.05, 3.63) is 70.8 Å². The van der Waals surface area contributed by atoms with E-state index >= 15 is 0 Å². The van der Waals surface area contributed by atoms with Gasteiger partial charge in [-0.3, -0.25) is 0 Å². The lowest BCUT2D eigenvalue weighted by Gasteiger charge is -2.20. The molecule has 1 unspecified atom stereocenters. The van der Waals surface area contributed by atoms with Crippen LogP contribution in [0.5, 0.6) is 0 Å². The number of hydrogen-bond donors (Lipinski definition) is 1. The summed E-state index contributed by atoms with van der Waals surface area (Å²) in [6.07, 6.45) is 2.35. The Morgan fingerprint density at radius 3 is 2.35 bits per heavy atom. The first-order chi connectivity index (χ1) is 9.74. The molecule has 0 saturated carbocycles. The molecule has 0 fully saturated rings. The van der Waals surface area contributed by atoms with E-state index in [-0.39, 0.29) is 6.04 Å². The summed E-state index contributed by atoms with van der Waals surface area (Å²) in [5, 5.41) is 3.60. The van der Waals surface area contributed by atoms with Crippen molar-refractivity contribution in [1.82, 2.24) is 5.32 Å². The molecule has 2 rings (SSSR count). The van der Waals surface area contributed by atoms with Gasteiger partial charge in [-0.2, -0.15) is 0 Å². The third kappa shape index (κ3) is 3.71. The quantitative estimate of drug-likeness (QED) is 0.803. The van der Waals surface area contributed by atoms with Crippen LogP contribution in [0.15, 0.2) is 48.5 Å². The van der Waals surface area contributed by atoms with Crippen molar-refractivity contribution in [3.8, 4) is 0 Å². The van der Waals surface area contributed by atoms with Crippen LogP contribution in [-0.2, 0) is 6.42 Å². The van der Waals surface area contributed by atoms with Gasteiger partial charge < -0.3 is 5.32 Å². The smallest absolute Gasteiger partial charge is 0.0576 e. The van der Waals surface area contributed by atoms with Crippen molar-refractivity contribution < 1.29 is 0 Å². The van der Waals surface area contributed by atoms with E-state index < -0.39 is 0 Å². The molecule has 0 aromatic heterocycles. The summed E-state index contributed by atoms with van der Waals surface area (Å²) >= 11 is 0. The molecule has 0 aliphatic rings. The first kappa shape index (κ1) is 14.8. The van der Waals surface area contributed by atoms with E-state index in [1.165, 1.54) is 28.7 Å². The van der Waals surface area contributed by atoms with Crippen LogP contribution in [0.2, 0.25) is 0 Å². The first-order valence-corrected chi connectivity index (χ1v) is 7.63. The summed E-state index contributed by atoms with van der Waals surface area (Å²) < 4.78 is 0. The maximum absolute atomic E-state index is 3.60. The molecule has 106 valence electrons. The molecular formula is C19H25N. The number of benzene rings is 2. The normalized spacial score (nSPS) is 12.3. The lowest BCUT2D eigenvalue weighted by atomic mass is 9.95. The molecule has 1 heteroatoms. The highest BCUT2D eigenvalue weighted by molar-refractivity contribution is 5.35. The van der Waals surface area contributed by atoms with Crippen molar-refractivity contribution in [2.24, 2.45) is 0 Å². The summed E-state index contributed by atoms with van der Waals surface area (Å²) in [7, 11) is 0. The molecule has 0 spiro atoms. The summed E-state index contributed by atoms with van der Waals surface area (Å²) in [5.74, 6) is 0. The first-order valence-electron chi connectivity index (χ1n) is 7.63. The van der Waals surface area contributed by atoms with Crippen LogP contribution in [0.4, 0.5) is 0 Å². The SMILES string of the molecule is CCCc1cccc(C(NCC)c2ccc(C)cc2)c1. The Balaban J connectivity index is 2.32. The zero-order chi connectivity index (χ0) is 14.4. The van der Waals surface area contributed by atoms with E-state index in [0.29, 0.717) is 0 Å². The monoisotopic (exact) mass is 267 g/mol. The Morgan fingerprint density at radius 2 is 1.70 bits per heavy atom. The van der Waals surface area contributed by atoms with Gasteiger partial charge in [0.15, 0.2) is 0 Å². The second-order valence-corrected chi connectivity index (χ2v) is 5.40. The van der Waals surface area contributed by atoms with Gasteiger partial charge in [0.1, 0.15) is 0 Å². The molecule has 1 nitrogen and oxygen atoms in total. The number of hydrogen-bond acceptors (Lipinski definition) is 1. The molecule has 0 amide bonds. The van der Waals surface area contributed by atoms with Gasteiger partial charge in [-0.15, -0.1) is 0 Å². The molecular weight excluding hydrogens is 242 g/mol. The summed E-state index contributed by atoms with van der Waals surface area (Å²) in [4.78, 5) is 0. The Hall–Kier alpha value is -1.60. The molecule has 1 atom stereocenters. The Morgan fingerprint density at radius 1 is 0.950 bits per heavy atom. The highest BCUT2D eigenvalue weighted by Crippen LogP contribution is 2.23. The fraction of sp³-hybridized carbons (Fsp3) is 0.368. The van der Waals surface area contributed by atoms with Gasteiger partial charge in [0.25, 0.3) is 0 Å². The van der Waals surface area contributed by atoms with E-state index in [4.69, 9.17) is 0 Å². The summed E-state index contributed by atoms with van der Waals surface area (Å²) in [6, 6.07) is 18.1. The standard InChI is InChI=1S/C19H25N/c1-4-7-16-8-6-9-18(14-16)19(20-5-2)17-12-10-15(3)11-13-17/h6,8-14,19-20H,4-5,7H2,1-3H3. The van der Waals surface area contributed by atoms with Crippen molar-refractivity contribution in [2.45, 2.75) is 39.7 Å². The average molecular weight is 267 g/mol. The van der Waals surface area contributed by atoms with Crippen LogP contribution in [0.1, 0.15) is 48.6 Å². The van der Waals surface area contributed by atoms with Crippen LogP contribution < -0.4 is 5.32 Å². The van der Waals surface area contributed by atoms with Gasteiger partial charge in [0.2, 0.25) is 0 Å². The minimum absolute atomic E-state index is 0.289. The molecule has 0 bridgehead atoms. The van der Waals surface area contributed by atoms with Crippen LogP contribution in [0, 0.1) is 6.92 Å². The van der Waals surface area contributed by atoms with Gasteiger partial charge in [-0.1, -0.05) is 74.4 Å². The zero-order valence-corrected chi connectivity index (χ0v) is 12.8. The van der Waals surface area contributed by atoms with Crippen LogP contribution in [-0.4, -0.2) is 6.54 Å². The minimum Gasteiger partial charge on any atom is -0.307 e. The third-order valence-corrected chi connectivity index (χ3v) is 3.64. The molecule has 0 heterocycles. The lowest BCUT2D eigenvalue weighted by molar-refractivity contribution is 0.629. The second kappa shape index (κ2) is 7.25. The van der Waals surface area contributed by atoms with Gasteiger partial charge >= 0.3 is 0 Å². The summed E-state index contributed by atoms with van der Waals surface area (Å²) in [5.41, 5.74) is 5.44. The van der Waals surface area contributed by atoms with E-state index in [1.54, 1.807) is 0 Å². The molecule has 20 heavy (non-hydrogen) atoms.